The highest BCUT2D eigenvalue weighted by molar-refractivity contribution is 5.46. The van der Waals surface area contributed by atoms with E-state index in [0.29, 0.717) is 6.10 Å². The normalized spacial score (nSPS) is 18.7. The molecule has 0 unspecified atom stereocenters. The first-order valence-electron chi connectivity index (χ1n) is 7.31. The lowest BCUT2D eigenvalue weighted by Gasteiger charge is -2.22. The molecule has 3 heteroatoms. The van der Waals surface area contributed by atoms with E-state index in [1.807, 2.05) is 25.1 Å². The molecular formula is C16H25NO2. The Bertz CT molecular complexity index is 396. The van der Waals surface area contributed by atoms with Gasteiger partial charge in [-0.15, -0.1) is 0 Å². The molecule has 2 rings (SSSR count). The first kappa shape index (κ1) is 14.2. The molecule has 0 aliphatic heterocycles. The zero-order valence-electron chi connectivity index (χ0n) is 12.0. The van der Waals surface area contributed by atoms with E-state index in [0.717, 1.165) is 29.9 Å². The summed E-state index contributed by atoms with van der Waals surface area (Å²) in [7, 11) is 1.68. The average molecular weight is 263 g/mol. The van der Waals surface area contributed by atoms with Gasteiger partial charge in [0.2, 0.25) is 0 Å². The Morgan fingerprint density at radius 3 is 2.32 bits per heavy atom. The van der Waals surface area contributed by atoms with Gasteiger partial charge in [0.05, 0.1) is 18.8 Å². The van der Waals surface area contributed by atoms with E-state index < -0.39 is 0 Å². The lowest BCUT2D eigenvalue weighted by atomic mass is 10.1. The van der Waals surface area contributed by atoms with Crippen LogP contribution in [0.1, 0.15) is 57.1 Å². The van der Waals surface area contributed by atoms with E-state index in [9.17, 15) is 0 Å². The van der Waals surface area contributed by atoms with Crippen LogP contribution in [-0.2, 0) is 0 Å². The van der Waals surface area contributed by atoms with Crippen LogP contribution in [-0.4, -0.2) is 13.2 Å². The third kappa shape index (κ3) is 3.63. The maximum Gasteiger partial charge on any atom is 0.128 e. The van der Waals surface area contributed by atoms with Crippen LogP contribution < -0.4 is 15.2 Å². The number of hydrogen-bond donors (Lipinski definition) is 1. The van der Waals surface area contributed by atoms with Crippen molar-refractivity contribution < 1.29 is 9.47 Å². The van der Waals surface area contributed by atoms with E-state index in [1.165, 1.54) is 25.7 Å². The first-order valence-corrected chi connectivity index (χ1v) is 7.31. The molecule has 106 valence electrons. The van der Waals surface area contributed by atoms with Crippen molar-refractivity contribution in [3.8, 4) is 11.5 Å². The minimum absolute atomic E-state index is 0.0862. The molecule has 3 nitrogen and oxygen atoms in total. The summed E-state index contributed by atoms with van der Waals surface area (Å²) in [6, 6.07) is 5.83. The minimum atomic E-state index is -0.0862. The monoisotopic (exact) mass is 263 g/mol. The molecule has 1 aromatic rings. The second-order valence-corrected chi connectivity index (χ2v) is 5.39. The van der Waals surface area contributed by atoms with Crippen LogP contribution in [0.4, 0.5) is 0 Å². The predicted octanol–water partition coefficient (Wildman–Crippen LogP) is 3.82. The molecule has 0 amide bonds. The molecule has 0 bridgehead atoms. The van der Waals surface area contributed by atoms with Crippen molar-refractivity contribution in [2.75, 3.05) is 7.11 Å². The second-order valence-electron chi connectivity index (χ2n) is 5.39. The molecule has 0 saturated heterocycles. The van der Waals surface area contributed by atoms with E-state index in [4.69, 9.17) is 15.2 Å². The van der Waals surface area contributed by atoms with Crippen LogP contribution in [0.15, 0.2) is 18.2 Å². The summed E-state index contributed by atoms with van der Waals surface area (Å²) in [6.45, 7) is 1.97. The van der Waals surface area contributed by atoms with E-state index in [1.54, 1.807) is 7.11 Å². The van der Waals surface area contributed by atoms with Crippen LogP contribution in [0.2, 0.25) is 0 Å². The van der Waals surface area contributed by atoms with Gasteiger partial charge in [0, 0.05) is 6.04 Å². The minimum Gasteiger partial charge on any atom is -0.496 e. The fraction of sp³-hybridized carbons (Fsp3) is 0.625. The summed E-state index contributed by atoms with van der Waals surface area (Å²) in [5.74, 6) is 1.71. The molecule has 2 N–H and O–H groups in total. The number of nitrogens with two attached hydrogens (primary N) is 1. The number of hydrogen-bond acceptors (Lipinski definition) is 3. The van der Waals surface area contributed by atoms with Crippen molar-refractivity contribution in [1.82, 2.24) is 0 Å². The van der Waals surface area contributed by atoms with Gasteiger partial charge in [-0.2, -0.15) is 0 Å². The molecule has 1 atom stereocenters. The maximum atomic E-state index is 6.21. The van der Waals surface area contributed by atoms with Crippen LogP contribution in [0.5, 0.6) is 11.5 Å². The van der Waals surface area contributed by atoms with E-state index >= 15 is 0 Å². The Hall–Kier alpha value is -1.22. The fourth-order valence-electron chi connectivity index (χ4n) is 2.79. The third-order valence-corrected chi connectivity index (χ3v) is 3.80. The van der Waals surface area contributed by atoms with E-state index in [2.05, 4.69) is 0 Å². The van der Waals surface area contributed by atoms with Crippen LogP contribution in [0, 0.1) is 0 Å². The topological polar surface area (TPSA) is 44.5 Å². The summed E-state index contributed by atoms with van der Waals surface area (Å²) >= 11 is 0. The highest BCUT2D eigenvalue weighted by Crippen LogP contribution is 2.34. The Morgan fingerprint density at radius 2 is 1.74 bits per heavy atom. The van der Waals surface area contributed by atoms with Crippen molar-refractivity contribution in [1.29, 1.82) is 0 Å². The van der Waals surface area contributed by atoms with E-state index in [-0.39, 0.29) is 6.04 Å². The summed E-state index contributed by atoms with van der Waals surface area (Å²) < 4.78 is 11.6. The first-order chi connectivity index (χ1) is 9.22. The highest BCUT2D eigenvalue weighted by atomic mass is 16.5. The fourth-order valence-corrected chi connectivity index (χ4v) is 2.79. The molecule has 1 aliphatic carbocycles. The SMILES string of the molecule is COc1cccc(OC2CCCCCC2)c1[C@@H](C)N. The summed E-state index contributed by atoms with van der Waals surface area (Å²) in [5.41, 5.74) is 7.05. The lowest BCUT2D eigenvalue weighted by molar-refractivity contribution is 0.180. The molecule has 0 aromatic heterocycles. The molecule has 0 radical (unpaired) electrons. The number of ether oxygens (including phenoxy) is 2. The molecule has 19 heavy (non-hydrogen) atoms. The molecule has 1 aliphatic rings. The second kappa shape index (κ2) is 6.80. The van der Waals surface area contributed by atoms with Gasteiger partial charge >= 0.3 is 0 Å². The predicted molar refractivity (Wildman–Crippen MR) is 77.7 cm³/mol. The van der Waals surface area contributed by atoms with Crippen LogP contribution >= 0.6 is 0 Å². The zero-order valence-corrected chi connectivity index (χ0v) is 12.0. The molecule has 1 aromatic carbocycles. The Balaban J connectivity index is 2.18. The Kier molecular flexibility index (Phi) is 5.08. The van der Waals surface area contributed by atoms with Gasteiger partial charge in [-0.05, 0) is 44.7 Å². The number of benzene rings is 1. The lowest BCUT2D eigenvalue weighted by Crippen LogP contribution is -2.18. The third-order valence-electron chi connectivity index (χ3n) is 3.80. The van der Waals surface area contributed by atoms with Crippen molar-refractivity contribution >= 4 is 0 Å². The van der Waals surface area contributed by atoms with Crippen molar-refractivity contribution in [2.24, 2.45) is 5.73 Å². The van der Waals surface area contributed by atoms with Gasteiger partial charge in [0.25, 0.3) is 0 Å². The standard InChI is InChI=1S/C16H25NO2/c1-12(17)16-14(18-2)10-7-11-15(16)19-13-8-5-3-4-6-9-13/h7,10-13H,3-6,8-9,17H2,1-2H3/t12-/m1/s1. The van der Waals surface area contributed by atoms with Gasteiger partial charge in [-0.25, -0.2) is 0 Å². The molecule has 1 fully saturated rings. The molecule has 1 saturated carbocycles. The van der Waals surface area contributed by atoms with Gasteiger partial charge in [-0.3, -0.25) is 0 Å². The van der Waals surface area contributed by atoms with Crippen molar-refractivity contribution in [3.05, 3.63) is 23.8 Å². The Morgan fingerprint density at radius 1 is 1.11 bits per heavy atom. The maximum absolute atomic E-state index is 6.21. The van der Waals surface area contributed by atoms with Gasteiger partial charge in [-0.1, -0.05) is 18.9 Å². The largest absolute Gasteiger partial charge is 0.496 e. The molecular weight excluding hydrogens is 238 g/mol. The summed E-state index contributed by atoms with van der Waals surface area (Å²) in [6.07, 6.45) is 7.82. The average Bonchev–Trinajstić information content (AvgIpc) is 2.66. The zero-order chi connectivity index (χ0) is 13.7. The molecule has 0 heterocycles. The smallest absolute Gasteiger partial charge is 0.128 e. The summed E-state index contributed by atoms with van der Waals surface area (Å²) in [4.78, 5) is 0. The van der Waals surface area contributed by atoms with Crippen LogP contribution in [0.25, 0.3) is 0 Å². The Labute approximate surface area is 116 Å². The van der Waals surface area contributed by atoms with Crippen molar-refractivity contribution in [3.63, 3.8) is 0 Å². The van der Waals surface area contributed by atoms with Crippen LogP contribution in [0.3, 0.4) is 0 Å². The van der Waals surface area contributed by atoms with Gasteiger partial charge in [0.1, 0.15) is 11.5 Å². The number of methoxy groups -OCH3 is 1. The summed E-state index contributed by atoms with van der Waals surface area (Å²) in [5, 5.41) is 0. The van der Waals surface area contributed by atoms with Gasteiger partial charge < -0.3 is 15.2 Å². The van der Waals surface area contributed by atoms with Gasteiger partial charge in [0.15, 0.2) is 0 Å². The van der Waals surface area contributed by atoms with Crippen molar-refractivity contribution in [2.45, 2.75) is 57.6 Å². The highest BCUT2D eigenvalue weighted by Gasteiger charge is 2.19. The molecule has 0 spiro atoms. The number of rotatable bonds is 4. The quantitative estimate of drug-likeness (QED) is 0.840.